The van der Waals surface area contributed by atoms with Gasteiger partial charge in [-0.25, -0.2) is 0 Å². The lowest BCUT2D eigenvalue weighted by Gasteiger charge is -2.34. The first-order valence-electron chi connectivity index (χ1n) is 6.00. The molecule has 1 aliphatic rings. The molecule has 0 aromatic rings. The number of β-amino-alcohol motifs (C(OH)–C–C–N with tert-alkyl or cyclic N) is 1. The van der Waals surface area contributed by atoms with Gasteiger partial charge in [0.2, 0.25) is 5.91 Å². The molecule has 1 saturated heterocycles. The fraction of sp³-hybridized carbons (Fsp3) is 0.909. The Labute approximate surface area is 109 Å². The molecular formula is C11H24ClN3O2. The zero-order valence-electron chi connectivity index (χ0n) is 10.5. The summed E-state index contributed by atoms with van der Waals surface area (Å²) in [7, 11) is 0. The van der Waals surface area contributed by atoms with Crippen LogP contribution in [0.1, 0.15) is 19.8 Å². The maximum atomic E-state index is 11.8. The van der Waals surface area contributed by atoms with Crippen LogP contribution in [0.5, 0.6) is 0 Å². The van der Waals surface area contributed by atoms with Crippen LogP contribution in [0, 0.1) is 0 Å². The minimum Gasteiger partial charge on any atom is -0.395 e. The lowest BCUT2D eigenvalue weighted by Crippen LogP contribution is -2.49. The fourth-order valence-electron chi connectivity index (χ4n) is 1.87. The third kappa shape index (κ3) is 6.21. The molecule has 0 radical (unpaired) electrons. The van der Waals surface area contributed by atoms with Crippen molar-refractivity contribution in [3.05, 3.63) is 0 Å². The van der Waals surface area contributed by atoms with Crippen molar-refractivity contribution in [2.24, 2.45) is 5.73 Å². The van der Waals surface area contributed by atoms with Crippen molar-refractivity contribution in [3.8, 4) is 0 Å². The van der Waals surface area contributed by atoms with E-state index in [1.807, 2.05) is 11.8 Å². The normalized spacial score (nSPS) is 18.6. The number of carbonyl (C=O) groups is 1. The first-order valence-corrected chi connectivity index (χ1v) is 6.00. The SMILES string of the molecule is CC(N)CCC(=O)N1CCN(CCO)CC1.Cl. The Morgan fingerprint density at radius 2 is 1.94 bits per heavy atom. The molecule has 17 heavy (non-hydrogen) atoms. The summed E-state index contributed by atoms with van der Waals surface area (Å²) in [5.74, 6) is 0.209. The Balaban J connectivity index is 0.00000256. The van der Waals surface area contributed by atoms with E-state index in [1.165, 1.54) is 0 Å². The van der Waals surface area contributed by atoms with Gasteiger partial charge in [0.05, 0.1) is 6.61 Å². The fourth-order valence-corrected chi connectivity index (χ4v) is 1.87. The topological polar surface area (TPSA) is 69.8 Å². The van der Waals surface area contributed by atoms with Crippen LogP contribution < -0.4 is 5.73 Å². The van der Waals surface area contributed by atoms with Gasteiger partial charge < -0.3 is 15.7 Å². The highest BCUT2D eigenvalue weighted by molar-refractivity contribution is 5.85. The molecule has 0 bridgehead atoms. The molecule has 1 atom stereocenters. The maximum absolute atomic E-state index is 11.8. The number of nitrogens with zero attached hydrogens (tertiary/aromatic N) is 2. The molecule has 1 aliphatic heterocycles. The van der Waals surface area contributed by atoms with Gasteiger partial charge in [-0.3, -0.25) is 9.69 Å². The number of piperazine rings is 1. The molecule has 3 N–H and O–H groups in total. The lowest BCUT2D eigenvalue weighted by atomic mass is 10.1. The minimum atomic E-state index is 0. The second-order valence-corrected chi connectivity index (χ2v) is 4.46. The second kappa shape index (κ2) is 8.69. The maximum Gasteiger partial charge on any atom is 0.222 e. The van der Waals surface area contributed by atoms with Gasteiger partial charge in [-0.2, -0.15) is 0 Å². The molecule has 1 unspecified atom stereocenters. The van der Waals surface area contributed by atoms with Crippen LogP contribution in [0.25, 0.3) is 0 Å². The van der Waals surface area contributed by atoms with Crippen LogP contribution in [-0.2, 0) is 4.79 Å². The Morgan fingerprint density at radius 1 is 1.35 bits per heavy atom. The minimum absolute atomic E-state index is 0. The van der Waals surface area contributed by atoms with E-state index in [0.717, 1.165) is 32.6 Å². The summed E-state index contributed by atoms with van der Waals surface area (Å²) >= 11 is 0. The van der Waals surface area contributed by atoms with E-state index in [4.69, 9.17) is 10.8 Å². The van der Waals surface area contributed by atoms with E-state index in [2.05, 4.69) is 4.90 Å². The van der Waals surface area contributed by atoms with Gasteiger partial charge in [-0.05, 0) is 13.3 Å². The van der Waals surface area contributed by atoms with Crippen molar-refractivity contribution in [2.75, 3.05) is 39.3 Å². The molecule has 1 amide bonds. The van der Waals surface area contributed by atoms with Gasteiger partial charge in [0.25, 0.3) is 0 Å². The summed E-state index contributed by atoms with van der Waals surface area (Å²) in [6.45, 7) is 6.11. The van der Waals surface area contributed by atoms with Crippen LogP contribution in [0.3, 0.4) is 0 Å². The van der Waals surface area contributed by atoms with Gasteiger partial charge in [0, 0.05) is 45.2 Å². The number of aliphatic hydroxyl groups is 1. The van der Waals surface area contributed by atoms with Crippen LogP contribution in [0.4, 0.5) is 0 Å². The molecule has 1 heterocycles. The van der Waals surface area contributed by atoms with E-state index in [1.54, 1.807) is 0 Å². The highest BCUT2D eigenvalue weighted by Gasteiger charge is 2.20. The van der Waals surface area contributed by atoms with Crippen LogP contribution in [-0.4, -0.2) is 66.2 Å². The number of carbonyl (C=O) groups excluding carboxylic acids is 1. The number of nitrogens with two attached hydrogens (primary N) is 1. The first kappa shape index (κ1) is 16.6. The van der Waals surface area contributed by atoms with Crippen LogP contribution in [0.2, 0.25) is 0 Å². The molecule has 1 rings (SSSR count). The second-order valence-electron chi connectivity index (χ2n) is 4.46. The summed E-state index contributed by atoms with van der Waals surface area (Å²) < 4.78 is 0. The molecule has 5 nitrogen and oxygen atoms in total. The van der Waals surface area contributed by atoms with E-state index in [0.29, 0.717) is 13.0 Å². The zero-order valence-corrected chi connectivity index (χ0v) is 11.3. The predicted octanol–water partition coefficient (Wildman–Crippen LogP) is -0.328. The van der Waals surface area contributed by atoms with E-state index < -0.39 is 0 Å². The number of hydrogen-bond acceptors (Lipinski definition) is 4. The summed E-state index contributed by atoms with van der Waals surface area (Å²) in [6, 6.07) is 0.0969. The van der Waals surface area contributed by atoms with Crippen molar-refractivity contribution in [1.82, 2.24) is 9.80 Å². The molecule has 6 heteroatoms. The average Bonchev–Trinajstić information content (AvgIpc) is 2.27. The summed E-state index contributed by atoms with van der Waals surface area (Å²) in [5.41, 5.74) is 5.63. The van der Waals surface area contributed by atoms with Crippen molar-refractivity contribution in [3.63, 3.8) is 0 Å². The Bertz CT molecular complexity index is 219. The van der Waals surface area contributed by atoms with Crippen LogP contribution >= 0.6 is 12.4 Å². The third-order valence-electron chi connectivity index (χ3n) is 2.95. The molecule has 0 aliphatic carbocycles. The largest absolute Gasteiger partial charge is 0.395 e. The van der Waals surface area contributed by atoms with Gasteiger partial charge in [0.15, 0.2) is 0 Å². The van der Waals surface area contributed by atoms with Crippen molar-refractivity contribution in [1.29, 1.82) is 0 Å². The molecule has 0 saturated carbocycles. The Morgan fingerprint density at radius 3 is 2.41 bits per heavy atom. The zero-order chi connectivity index (χ0) is 12.0. The summed E-state index contributed by atoms with van der Waals surface area (Å²) in [6.07, 6.45) is 1.31. The van der Waals surface area contributed by atoms with Gasteiger partial charge in [-0.1, -0.05) is 0 Å². The number of amides is 1. The van der Waals surface area contributed by atoms with Gasteiger partial charge >= 0.3 is 0 Å². The van der Waals surface area contributed by atoms with Crippen molar-refractivity contribution in [2.45, 2.75) is 25.8 Å². The van der Waals surface area contributed by atoms with E-state index in [-0.39, 0.29) is 31.0 Å². The Kier molecular flexibility index (Phi) is 8.51. The highest BCUT2D eigenvalue weighted by Crippen LogP contribution is 2.05. The molecule has 0 spiro atoms. The lowest BCUT2D eigenvalue weighted by molar-refractivity contribution is -0.133. The molecule has 1 fully saturated rings. The molecule has 0 aromatic heterocycles. The smallest absolute Gasteiger partial charge is 0.222 e. The molecular weight excluding hydrogens is 242 g/mol. The third-order valence-corrected chi connectivity index (χ3v) is 2.95. The molecule has 102 valence electrons. The van der Waals surface area contributed by atoms with E-state index >= 15 is 0 Å². The standard InChI is InChI=1S/C11H23N3O2.ClH/c1-10(12)2-3-11(16)14-6-4-13(5-7-14)8-9-15;/h10,15H,2-9,12H2,1H3;1H. The van der Waals surface area contributed by atoms with Gasteiger partial charge in [-0.15, -0.1) is 12.4 Å². The Hall–Kier alpha value is -0.360. The monoisotopic (exact) mass is 265 g/mol. The van der Waals surface area contributed by atoms with Crippen molar-refractivity contribution >= 4 is 18.3 Å². The number of rotatable bonds is 5. The quantitative estimate of drug-likeness (QED) is 0.714. The predicted molar refractivity (Wildman–Crippen MR) is 70.2 cm³/mol. The molecule has 0 aromatic carbocycles. The van der Waals surface area contributed by atoms with Gasteiger partial charge in [0.1, 0.15) is 0 Å². The number of halogens is 1. The van der Waals surface area contributed by atoms with E-state index in [9.17, 15) is 4.79 Å². The summed E-state index contributed by atoms with van der Waals surface area (Å²) in [4.78, 5) is 15.8. The average molecular weight is 266 g/mol. The highest BCUT2D eigenvalue weighted by atomic mass is 35.5. The first-order chi connectivity index (χ1) is 7.63. The summed E-state index contributed by atoms with van der Waals surface area (Å²) in [5, 5.41) is 8.80. The van der Waals surface area contributed by atoms with Crippen LogP contribution in [0.15, 0.2) is 0 Å². The number of aliphatic hydroxyl groups excluding tert-OH is 1. The number of hydrogen-bond donors (Lipinski definition) is 2. The van der Waals surface area contributed by atoms with Crippen molar-refractivity contribution < 1.29 is 9.90 Å².